The number of aromatic nitrogens is 3. The molecule has 0 radical (unpaired) electrons. The molecular formula is C11H18N4O3S. The summed E-state index contributed by atoms with van der Waals surface area (Å²) in [6.45, 7) is 3.83. The van der Waals surface area contributed by atoms with Gasteiger partial charge in [0, 0.05) is 5.92 Å². The summed E-state index contributed by atoms with van der Waals surface area (Å²) in [5.41, 5.74) is 0. The van der Waals surface area contributed by atoms with Gasteiger partial charge in [-0.3, -0.25) is 9.89 Å². The first-order valence-electron chi connectivity index (χ1n) is 5.90. The van der Waals surface area contributed by atoms with E-state index in [4.69, 9.17) is 5.11 Å². The number of thioether (sulfide) groups is 1. The number of carbonyl (C=O) groups excluding carboxylic acids is 1. The fourth-order valence-electron chi connectivity index (χ4n) is 1.35. The summed E-state index contributed by atoms with van der Waals surface area (Å²) < 4.78 is 0. The Hall–Kier alpha value is -1.57. The van der Waals surface area contributed by atoms with Crippen LogP contribution in [-0.4, -0.2) is 50.2 Å². The van der Waals surface area contributed by atoms with Crippen LogP contribution in [0.4, 0.5) is 0 Å². The molecule has 8 heteroatoms. The van der Waals surface area contributed by atoms with Crippen molar-refractivity contribution in [1.82, 2.24) is 20.5 Å². The van der Waals surface area contributed by atoms with E-state index in [9.17, 15) is 9.59 Å². The number of carbonyl (C=O) groups is 2. The highest BCUT2D eigenvalue weighted by atomic mass is 32.2. The van der Waals surface area contributed by atoms with Crippen molar-refractivity contribution < 1.29 is 14.7 Å². The number of aromatic amines is 1. The van der Waals surface area contributed by atoms with E-state index in [0.29, 0.717) is 18.0 Å². The van der Waals surface area contributed by atoms with Crippen LogP contribution in [0.2, 0.25) is 0 Å². The van der Waals surface area contributed by atoms with Crippen molar-refractivity contribution in [3.63, 3.8) is 0 Å². The topological polar surface area (TPSA) is 108 Å². The third kappa shape index (κ3) is 4.55. The Balaban J connectivity index is 2.67. The molecule has 1 aromatic heterocycles. The Labute approximate surface area is 115 Å². The molecule has 7 nitrogen and oxygen atoms in total. The minimum atomic E-state index is -1.05. The van der Waals surface area contributed by atoms with Crippen molar-refractivity contribution in [2.75, 3.05) is 12.0 Å². The minimum Gasteiger partial charge on any atom is -0.480 e. The van der Waals surface area contributed by atoms with Crippen LogP contribution in [-0.2, 0) is 4.79 Å². The van der Waals surface area contributed by atoms with Gasteiger partial charge in [-0.1, -0.05) is 13.8 Å². The van der Waals surface area contributed by atoms with Crippen LogP contribution in [0.25, 0.3) is 0 Å². The second-order valence-electron chi connectivity index (χ2n) is 4.34. The second kappa shape index (κ2) is 7.13. The van der Waals surface area contributed by atoms with Crippen LogP contribution in [0.3, 0.4) is 0 Å². The molecule has 1 atom stereocenters. The Bertz CT molecular complexity index is 447. The van der Waals surface area contributed by atoms with E-state index in [2.05, 4.69) is 20.5 Å². The van der Waals surface area contributed by atoms with Crippen LogP contribution in [0.1, 0.15) is 42.6 Å². The van der Waals surface area contributed by atoms with Crippen molar-refractivity contribution in [2.45, 2.75) is 32.2 Å². The maximum Gasteiger partial charge on any atom is 0.326 e. The van der Waals surface area contributed by atoms with E-state index in [1.54, 1.807) is 0 Å². The highest BCUT2D eigenvalue weighted by Crippen LogP contribution is 2.08. The summed E-state index contributed by atoms with van der Waals surface area (Å²) in [6, 6.07) is -0.916. The van der Waals surface area contributed by atoms with E-state index in [0.717, 1.165) is 0 Å². The number of carboxylic acid groups (broad SMARTS) is 1. The van der Waals surface area contributed by atoms with Crippen molar-refractivity contribution in [3.05, 3.63) is 11.6 Å². The minimum absolute atomic E-state index is 0.0286. The Kier molecular flexibility index (Phi) is 5.81. The Morgan fingerprint density at radius 2 is 2.16 bits per heavy atom. The summed E-state index contributed by atoms with van der Waals surface area (Å²) in [5, 5.41) is 17.9. The zero-order valence-electron chi connectivity index (χ0n) is 11.1. The fraction of sp³-hybridized carbons (Fsp3) is 0.636. The van der Waals surface area contributed by atoms with E-state index < -0.39 is 17.9 Å². The summed E-state index contributed by atoms with van der Waals surface area (Å²) in [6.07, 6.45) is 2.24. The third-order valence-corrected chi connectivity index (χ3v) is 3.11. The number of aliphatic carboxylic acids is 1. The molecule has 0 bridgehead atoms. The van der Waals surface area contributed by atoms with Gasteiger partial charge in [0.05, 0.1) is 0 Å². The molecule has 1 aromatic rings. The SMILES string of the molecule is CSCC[C@H](NC(=O)c1n[nH]c(C(C)C)n1)C(=O)O. The lowest BCUT2D eigenvalue weighted by Gasteiger charge is -2.12. The molecule has 19 heavy (non-hydrogen) atoms. The van der Waals surface area contributed by atoms with E-state index in [1.165, 1.54) is 11.8 Å². The normalized spacial score (nSPS) is 12.4. The number of nitrogens with one attached hydrogen (secondary N) is 2. The van der Waals surface area contributed by atoms with Crippen LogP contribution in [0, 0.1) is 0 Å². The van der Waals surface area contributed by atoms with Gasteiger partial charge < -0.3 is 10.4 Å². The molecule has 1 rings (SSSR count). The molecule has 0 spiro atoms. The van der Waals surface area contributed by atoms with Crippen molar-refractivity contribution >= 4 is 23.6 Å². The number of hydrogen-bond acceptors (Lipinski definition) is 5. The zero-order chi connectivity index (χ0) is 14.4. The molecule has 0 fully saturated rings. The Morgan fingerprint density at radius 1 is 1.47 bits per heavy atom. The van der Waals surface area contributed by atoms with Gasteiger partial charge in [-0.25, -0.2) is 9.78 Å². The third-order valence-electron chi connectivity index (χ3n) is 2.47. The van der Waals surface area contributed by atoms with Crippen molar-refractivity contribution in [3.8, 4) is 0 Å². The molecule has 3 N–H and O–H groups in total. The number of amides is 1. The molecule has 0 aliphatic rings. The zero-order valence-corrected chi connectivity index (χ0v) is 12.0. The summed E-state index contributed by atoms with van der Waals surface area (Å²) in [4.78, 5) is 26.9. The van der Waals surface area contributed by atoms with Gasteiger partial charge >= 0.3 is 5.97 Å². The maximum atomic E-state index is 11.8. The summed E-state index contributed by atoms with van der Waals surface area (Å²) in [5.74, 6) is -0.276. The van der Waals surface area contributed by atoms with Crippen LogP contribution >= 0.6 is 11.8 Å². The molecule has 1 heterocycles. The molecule has 0 aromatic carbocycles. The van der Waals surface area contributed by atoms with Crippen LogP contribution in [0.15, 0.2) is 0 Å². The fourth-order valence-corrected chi connectivity index (χ4v) is 1.82. The van der Waals surface area contributed by atoms with Crippen LogP contribution in [0.5, 0.6) is 0 Å². The quantitative estimate of drug-likeness (QED) is 0.686. The van der Waals surface area contributed by atoms with Crippen molar-refractivity contribution in [2.24, 2.45) is 0 Å². The van der Waals surface area contributed by atoms with E-state index in [1.807, 2.05) is 20.1 Å². The molecule has 0 saturated carbocycles. The van der Waals surface area contributed by atoms with Gasteiger partial charge in [0.2, 0.25) is 5.82 Å². The predicted octanol–water partition coefficient (Wildman–Crippen LogP) is 0.864. The van der Waals surface area contributed by atoms with Gasteiger partial charge in [0.25, 0.3) is 5.91 Å². The number of nitrogens with zero attached hydrogens (tertiary/aromatic N) is 2. The smallest absolute Gasteiger partial charge is 0.326 e. The number of hydrogen-bond donors (Lipinski definition) is 3. The largest absolute Gasteiger partial charge is 0.480 e. The average Bonchev–Trinajstić information content (AvgIpc) is 2.83. The first kappa shape index (κ1) is 15.5. The van der Waals surface area contributed by atoms with Gasteiger partial charge in [-0.05, 0) is 18.4 Å². The van der Waals surface area contributed by atoms with Crippen LogP contribution < -0.4 is 5.32 Å². The molecule has 0 unspecified atom stereocenters. The lowest BCUT2D eigenvalue weighted by atomic mass is 10.2. The lowest BCUT2D eigenvalue weighted by molar-refractivity contribution is -0.139. The molecule has 106 valence electrons. The van der Waals surface area contributed by atoms with Gasteiger partial charge in [0.1, 0.15) is 11.9 Å². The van der Waals surface area contributed by atoms with E-state index in [-0.39, 0.29) is 11.7 Å². The average molecular weight is 286 g/mol. The number of rotatable bonds is 7. The molecule has 0 aliphatic carbocycles. The first-order chi connectivity index (χ1) is 8.95. The highest BCUT2D eigenvalue weighted by molar-refractivity contribution is 7.98. The number of H-pyrrole nitrogens is 1. The van der Waals surface area contributed by atoms with Gasteiger partial charge in [-0.2, -0.15) is 11.8 Å². The molecule has 0 aliphatic heterocycles. The first-order valence-corrected chi connectivity index (χ1v) is 7.30. The Morgan fingerprint density at radius 3 is 2.63 bits per heavy atom. The van der Waals surface area contributed by atoms with Gasteiger partial charge in [0.15, 0.2) is 0 Å². The predicted molar refractivity (Wildman–Crippen MR) is 72.4 cm³/mol. The highest BCUT2D eigenvalue weighted by Gasteiger charge is 2.22. The molecular weight excluding hydrogens is 268 g/mol. The second-order valence-corrected chi connectivity index (χ2v) is 5.33. The summed E-state index contributed by atoms with van der Waals surface area (Å²) >= 11 is 1.53. The molecule has 1 amide bonds. The monoisotopic (exact) mass is 286 g/mol. The van der Waals surface area contributed by atoms with E-state index >= 15 is 0 Å². The van der Waals surface area contributed by atoms with Gasteiger partial charge in [-0.15, -0.1) is 5.10 Å². The molecule has 0 saturated heterocycles. The van der Waals surface area contributed by atoms with Crippen molar-refractivity contribution in [1.29, 1.82) is 0 Å². The number of carboxylic acids is 1. The summed E-state index contributed by atoms with van der Waals surface area (Å²) in [7, 11) is 0. The lowest BCUT2D eigenvalue weighted by Crippen LogP contribution is -2.41. The maximum absolute atomic E-state index is 11.8. The standard InChI is InChI=1S/C11H18N4O3S/c1-6(2)8-13-9(15-14-8)10(16)12-7(11(17)18)4-5-19-3/h6-7H,4-5H2,1-3H3,(H,12,16)(H,17,18)(H,13,14,15)/t7-/m0/s1.